The number of aryl methyl sites for hydroxylation is 1. The largest absolute Gasteiger partial charge is 1.00 e. The molecule has 1 rings (SSSR count). The van der Waals surface area contributed by atoms with Gasteiger partial charge in [-0.1, -0.05) is 36.7 Å². The molecular weight excluding hydrogens is 1220 g/mol. The molecule has 0 amide bonds. The number of ether oxygens (including phenoxy) is 15. The maximum atomic E-state index is 11.9. The predicted molar refractivity (Wildman–Crippen MR) is 315 cm³/mol. The molecule has 0 fully saturated rings. The van der Waals surface area contributed by atoms with Crippen LogP contribution < -0.4 is 29.6 Å². The first-order valence-electron chi connectivity index (χ1n) is 28.3. The summed E-state index contributed by atoms with van der Waals surface area (Å²) in [5.41, 5.74) is 22.4. The number of rotatable bonds is 56. The van der Waals surface area contributed by atoms with Crippen LogP contribution in [-0.4, -0.2) is 307 Å². The zero-order chi connectivity index (χ0) is 66.1. The minimum Gasteiger partial charge on any atom is -0.394 e. The van der Waals surface area contributed by atoms with E-state index in [2.05, 4.69) is 21.1 Å². The molecule has 514 valence electrons. The molecule has 1 aromatic rings. The maximum Gasteiger partial charge on any atom is 1.00 e. The Hall–Kier alpha value is -2.21. The third-order valence-electron chi connectivity index (χ3n) is 8.29. The van der Waals surface area contributed by atoms with Crippen LogP contribution in [0.2, 0.25) is 0 Å². The van der Waals surface area contributed by atoms with Gasteiger partial charge in [0.2, 0.25) is 0 Å². The van der Waals surface area contributed by atoms with Crippen LogP contribution in [0.4, 0.5) is 4.39 Å². The van der Waals surface area contributed by atoms with Crippen LogP contribution in [0, 0.1) is 6.92 Å². The summed E-state index contributed by atoms with van der Waals surface area (Å²) in [5, 5.41) is 45.3. The fourth-order valence-electron chi connectivity index (χ4n) is 4.69. The molecule has 5 N–H and O–H groups in total. The standard InChI is InChI=1S/C15H24O7S.C10H22O6S.C9H20O4.C8H17N3O4.C8H18O5.CH3F.N3.Na/c1-14-2-4-15(5-3-14)23(17,18)22-13-12-21-11-10-20-9-8-19-7-6-16;1-3-4-13-5-6-14-7-8-15-9-10-16-17(2,11)12;1-2-4-11-6-8-13-9-7-12-5-3-10;9-11-10-1-3-13-5-7-15-8-6-14-4-2-12;9-1-3-11-5-7-13-8-6-12-4-2-10;1-2;1-3-2;/h2-5,16H,6-13H2,1H3;3-10H2,1-2H3;10H,2-9H2,1H3;12H,1-8H2;9-10H,1-8H2;1H3;;/q;;;;;;-1;+1/i;;;;;1D;;. The van der Waals surface area contributed by atoms with Crippen LogP contribution in [0.3, 0.4) is 0 Å². The molecule has 0 aliphatic rings. The Balaban J connectivity index is -0.000000184. The first-order valence-corrected chi connectivity index (χ1v) is 30.8. The summed E-state index contributed by atoms with van der Waals surface area (Å²) in [6.45, 7) is 20.4. The van der Waals surface area contributed by atoms with E-state index in [1.165, 1.54) is 17.0 Å². The van der Waals surface area contributed by atoms with Gasteiger partial charge in [0.1, 0.15) is 0 Å². The van der Waals surface area contributed by atoms with Gasteiger partial charge in [0.15, 0.2) is 0 Å². The molecule has 0 saturated heterocycles. The maximum absolute atomic E-state index is 11.9. The van der Waals surface area contributed by atoms with E-state index < -0.39 is 27.4 Å². The number of hydrogen-bond acceptors (Lipinski definition) is 27. The van der Waals surface area contributed by atoms with Crippen molar-refractivity contribution in [1.82, 2.24) is 0 Å². The molecule has 0 aromatic heterocycles. The van der Waals surface area contributed by atoms with E-state index in [1.54, 1.807) is 12.1 Å². The van der Waals surface area contributed by atoms with Crippen molar-refractivity contribution in [3.63, 3.8) is 0 Å². The van der Waals surface area contributed by atoms with E-state index in [0.717, 1.165) is 37.9 Å². The van der Waals surface area contributed by atoms with Crippen LogP contribution in [0.5, 0.6) is 0 Å². The summed E-state index contributed by atoms with van der Waals surface area (Å²) in [5.74, 6) is 0. The molecular formula is C51H104FN6NaO26S2. The van der Waals surface area contributed by atoms with Gasteiger partial charge in [0.25, 0.3) is 20.2 Å². The Morgan fingerprint density at radius 1 is 0.425 bits per heavy atom. The fraction of sp³-hybridized carbons (Fsp3) is 0.882. The van der Waals surface area contributed by atoms with Gasteiger partial charge in [-0.3, -0.25) is 17.7 Å². The SMILES string of the molecule is CCCOCCOCCOCCO.CCCOCCOCCOCCOS(C)(=O)=O.Cc1ccc(S(=O)(=O)OCCOCCOCCOCCO)cc1.OCCOCCOCCOCCO.[2H]CF.[N-]=[N+]=NCCOCCOCCOCCO.[N-]=[N+]=[N-].[Na+]. The van der Waals surface area contributed by atoms with Crippen molar-refractivity contribution in [3.05, 3.63) is 56.2 Å². The van der Waals surface area contributed by atoms with Gasteiger partial charge in [0.05, 0.1) is 251 Å². The monoisotopic (exact) mass is 1320 g/mol. The van der Waals surface area contributed by atoms with Crippen molar-refractivity contribution in [2.24, 2.45) is 5.11 Å². The third kappa shape index (κ3) is 103. The minimum atomic E-state index is -3.74. The average Bonchev–Trinajstić information content (AvgIpc) is 3.71. The molecule has 0 atom stereocenters. The summed E-state index contributed by atoms with van der Waals surface area (Å²) < 4.78 is 146. The zero-order valence-electron chi connectivity index (χ0n) is 53.0. The van der Waals surface area contributed by atoms with Crippen LogP contribution in [0.15, 0.2) is 34.3 Å². The molecule has 36 heteroatoms. The smallest absolute Gasteiger partial charge is 0.394 e. The van der Waals surface area contributed by atoms with E-state index in [0.29, 0.717) is 178 Å². The Labute approximate surface area is 539 Å². The normalized spacial score (nSPS) is 10.6. The molecule has 0 aliphatic carbocycles. The second-order valence-electron chi connectivity index (χ2n) is 15.5. The summed E-state index contributed by atoms with van der Waals surface area (Å²) in [4.78, 5) is 4.22. The molecule has 87 heavy (non-hydrogen) atoms. The van der Waals surface area contributed by atoms with Gasteiger partial charge in [-0.15, -0.1) is 0 Å². The Morgan fingerprint density at radius 3 is 0.874 bits per heavy atom. The Kier molecular flexibility index (Phi) is 99.4. The second kappa shape index (κ2) is 90.2. The van der Waals surface area contributed by atoms with E-state index in [-0.39, 0.29) is 93.9 Å². The topological polar surface area (TPSA) is 434 Å². The second-order valence-corrected chi connectivity index (χ2v) is 18.7. The number of azide groups is 1. The van der Waals surface area contributed by atoms with Crippen LogP contribution >= 0.6 is 0 Å². The minimum absolute atomic E-state index is 0. The fourth-order valence-corrected chi connectivity index (χ4v) is 5.95. The number of aliphatic hydroxyl groups is 5. The molecule has 0 saturated carbocycles. The van der Waals surface area contributed by atoms with E-state index >= 15 is 0 Å². The Morgan fingerprint density at radius 2 is 0.644 bits per heavy atom. The van der Waals surface area contributed by atoms with Gasteiger partial charge < -0.3 is 108 Å². The van der Waals surface area contributed by atoms with Crippen molar-refractivity contribution >= 4 is 20.2 Å². The molecule has 0 bridgehead atoms. The van der Waals surface area contributed by atoms with Crippen molar-refractivity contribution < 1.29 is 157 Å². The van der Waals surface area contributed by atoms with E-state index in [1.807, 2.05) is 13.8 Å². The van der Waals surface area contributed by atoms with Crippen molar-refractivity contribution in [1.29, 1.82) is 0 Å². The van der Waals surface area contributed by atoms with E-state index in [4.69, 9.17) is 119 Å². The summed E-state index contributed by atoms with van der Waals surface area (Å²) in [7, 11) is -8.10. The van der Waals surface area contributed by atoms with E-state index in [9.17, 15) is 21.2 Å². The molecule has 32 nitrogen and oxygen atoms in total. The molecule has 0 unspecified atom stereocenters. The molecule has 0 radical (unpaired) electrons. The first-order chi connectivity index (χ1) is 42.2. The molecule has 0 spiro atoms. The number of aliphatic hydroxyl groups excluding tert-OH is 5. The summed E-state index contributed by atoms with van der Waals surface area (Å²) in [6, 6.07) is 6.46. The van der Waals surface area contributed by atoms with Crippen molar-refractivity contribution in [3.8, 4) is 0 Å². The van der Waals surface area contributed by atoms with Crippen molar-refractivity contribution in [2.75, 3.05) is 264 Å². The number of benzene rings is 1. The van der Waals surface area contributed by atoms with Crippen molar-refractivity contribution in [2.45, 2.75) is 38.5 Å². The average molecular weight is 1320 g/mol. The summed E-state index contributed by atoms with van der Waals surface area (Å²) >= 11 is 0. The van der Waals surface area contributed by atoms with Crippen LogP contribution in [0.25, 0.3) is 26.4 Å². The van der Waals surface area contributed by atoms with Crippen LogP contribution in [0.1, 0.15) is 33.6 Å². The zero-order valence-corrected chi connectivity index (χ0v) is 55.6. The van der Waals surface area contributed by atoms with Gasteiger partial charge in [-0.05, 0) is 37.4 Å². The number of hydrogen-bond donors (Lipinski definition) is 5. The third-order valence-corrected chi connectivity index (χ3v) is 10.2. The van der Waals surface area contributed by atoms with Gasteiger partial charge in [-0.2, -0.15) is 16.8 Å². The van der Waals surface area contributed by atoms with Gasteiger partial charge in [0, 0.05) is 24.7 Å². The first kappa shape index (κ1) is 95.9. The number of nitrogens with zero attached hydrogens (tertiary/aromatic N) is 6. The molecule has 1 aromatic carbocycles. The van der Waals surface area contributed by atoms with Crippen LogP contribution in [-0.2, 0) is 99.7 Å². The number of alkyl halides is 1. The number of halogens is 1. The van der Waals surface area contributed by atoms with Gasteiger partial charge in [-0.25, -0.2) is 0 Å². The Bertz CT molecular complexity index is 1710. The molecule has 0 aliphatic heterocycles. The summed E-state index contributed by atoms with van der Waals surface area (Å²) in [6.07, 6.45) is 3.05. The quantitative estimate of drug-likeness (QED) is 0.0136. The predicted octanol–water partition coefficient (Wildman–Crippen LogP) is -0.581. The van der Waals surface area contributed by atoms with Gasteiger partial charge >= 0.3 is 29.6 Å². The molecule has 0 heterocycles.